The van der Waals surface area contributed by atoms with Gasteiger partial charge in [0.25, 0.3) is 0 Å². The van der Waals surface area contributed by atoms with Crippen molar-refractivity contribution in [2.75, 3.05) is 0 Å². The molecule has 0 unspecified atom stereocenters. The first kappa shape index (κ1) is 11.9. The van der Waals surface area contributed by atoms with E-state index in [0.29, 0.717) is 0 Å². The zero-order valence-corrected chi connectivity index (χ0v) is 10.3. The van der Waals surface area contributed by atoms with Crippen molar-refractivity contribution in [3.8, 4) is 0 Å². The quantitative estimate of drug-likeness (QED) is 0.793. The maximum Gasteiger partial charge on any atom is 0.243 e. The third kappa shape index (κ3) is 2.76. The molecule has 1 atom stereocenters. The fourth-order valence-electron chi connectivity index (χ4n) is 2.38. The van der Waals surface area contributed by atoms with Gasteiger partial charge in [0.15, 0.2) is 0 Å². The van der Waals surface area contributed by atoms with Crippen LogP contribution >= 0.6 is 0 Å². The van der Waals surface area contributed by atoms with E-state index in [1.54, 1.807) is 0 Å². The monoisotopic (exact) mass is 229 g/mol. The van der Waals surface area contributed by atoms with Gasteiger partial charge in [-0.3, -0.25) is 4.79 Å². The molecule has 0 fully saturated rings. The average Bonchev–Trinajstić information content (AvgIpc) is 2.38. The number of rotatable bonds is 3. The largest absolute Gasteiger partial charge is 0.346 e. The third-order valence-electron chi connectivity index (χ3n) is 3.42. The standard InChI is InChI=1S/C15H19NO/c1-3-15(17)16-11(2)13-9-8-12-6-4-5-7-14(12)10-13/h3,8-11H,1,4-7H2,2H3,(H,16,17)/t11-/m1/s1. The summed E-state index contributed by atoms with van der Waals surface area (Å²) in [6.45, 7) is 5.47. The highest BCUT2D eigenvalue weighted by molar-refractivity contribution is 5.87. The van der Waals surface area contributed by atoms with E-state index in [1.807, 2.05) is 6.92 Å². The molecule has 2 heteroatoms. The third-order valence-corrected chi connectivity index (χ3v) is 3.42. The summed E-state index contributed by atoms with van der Waals surface area (Å²) in [6, 6.07) is 6.62. The highest BCUT2D eigenvalue weighted by Gasteiger charge is 2.12. The Morgan fingerprint density at radius 1 is 1.35 bits per heavy atom. The Bertz CT molecular complexity index is 437. The summed E-state index contributed by atoms with van der Waals surface area (Å²) in [4.78, 5) is 11.3. The van der Waals surface area contributed by atoms with Crippen LogP contribution in [0.3, 0.4) is 0 Å². The van der Waals surface area contributed by atoms with Crippen LogP contribution in [0.1, 0.15) is 42.5 Å². The van der Waals surface area contributed by atoms with E-state index in [9.17, 15) is 4.79 Å². The highest BCUT2D eigenvalue weighted by Crippen LogP contribution is 2.24. The van der Waals surface area contributed by atoms with Gasteiger partial charge < -0.3 is 5.32 Å². The lowest BCUT2D eigenvalue weighted by Gasteiger charge is -2.19. The molecule has 0 spiro atoms. The van der Waals surface area contributed by atoms with Crippen molar-refractivity contribution in [2.24, 2.45) is 0 Å². The Morgan fingerprint density at radius 2 is 2.06 bits per heavy atom. The minimum Gasteiger partial charge on any atom is -0.346 e. The van der Waals surface area contributed by atoms with E-state index in [-0.39, 0.29) is 11.9 Å². The summed E-state index contributed by atoms with van der Waals surface area (Å²) >= 11 is 0. The molecule has 0 heterocycles. The first-order chi connectivity index (χ1) is 8.20. The van der Waals surface area contributed by atoms with Crippen molar-refractivity contribution in [1.82, 2.24) is 5.32 Å². The van der Waals surface area contributed by atoms with Crippen molar-refractivity contribution in [1.29, 1.82) is 0 Å². The number of carbonyl (C=O) groups is 1. The van der Waals surface area contributed by atoms with Gasteiger partial charge in [-0.15, -0.1) is 0 Å². The molecule has 1 N–H and O–H groups in total. The van der Waals surface area contributed by atoms with Crippen LogP contribution in [0.15, 0.2) is 30.9 Å². The van der Waals surface area contributed by atoms with Gasteiger partial charge in [-0.2, -0.15) is 0 Å². The Kier molecular flexibility index (Phi) is 3.62. The second kappa shape index (κ2) is 5.17. The predicted molar refractivity (Wildman–Crippen MR) is 69.8 cm³/mol. The van der Waals surface area contributed by atoms with Crippen LogP contribution in [0.4, 0.5) is 0 Å². The lowest BCUT2D eigenvalue weighted by atomic mass is 9.89. The summed E-state index contributed by atoms with van der Waals surface area (Å²) in [5.74, 6) is -0.116. The highest BCUT2D eigenvalue weighted by atomic mass is 16.1. The average molecular weight is 229 g/mol. The number of hydrogen-bond acceptors (Lipinski definition) is 1. The SMILES string of the molecule is C=CC(=O)N[C@H](C)c1ccc2c(c1)CCCC2. The molecule has 1 aliphatic carbocycles. The summed E-state index contributed by atoms with van der Waals surface area (Å²) in [7, 11) is 0. The van der Waals surface area contributed by atoms with Gasteiger partial charge >= 0.3 is 0 Å². The molecule has 90 valence electrons. The topological polar surface area (TPSA) is 29.1 Å². The van der Waals surface area contributed by atoms with Crippen LogP contribution in [0.2, 0.25) is 0 Å². The summed E-state index contributed by atoms with van der Waals surface area (Å²) in [5, 5.41) is 2.90. The van der Waals surface area contributed by atoms with Gasteiger partial charge in [0.1, 0.15) is 0 Å². The molecule has 1 aromatic rings. The predicted octanol–water partition coefficient (Wildman–Crippen LogP) is 2.93. The van der Waals surface area contributed by atoms with Crippen LogP contribution in [0, 0.1) is 0 Å². The smallest absolute Gasteiger partial charge is 0.243 e. The molecule has 0 radical (unpaired) electrons. The summed E-state index contributed by atoms with van der Waals surface area (Å²) < 4.78 is 0. The Morgan fingerprint density at radius 3 is 2.76 bits per heavy atom. The van der Waals surface area contributed by atoms with Crippen molar-refractivity contribution < 1.29 is 4.79 Å². The normalized spacial score (nSPS) is 15.8. The fourth-order valence-corrected chi connectivity index (χ4v) is 2.38. The van der Waals surface area contributed by atoms with Gasteiger partial charge in [0, 0.05) is 0 Å². The molecule has 1 amide bonds. The molecule has 0 bridgehead atoms. The lowest BCUT2D eigenvalue weighted by Crippen LogP contribution is -2.24. The second-order valence-corrected chi connectivity index (χ2v) is 4.67. The van der Waals surface area contributed by atoms with E-state index < -0.39 is 0 Å². The van der Waals surface area contributed by atoms with Crippen molar-refractivity contribution in [3.63, 3.8) is 0 Å². The molecular weight excluding hydrogens is 210 g/mol. The molecular formula is C15H19NO. The van der Waals surface area contributed by atoms with Gasteiger partial charge in [-0.05, 0) is 55.4 Å². The van der Waals surface area contributed by atoms with Crippen molar-refractivity contribution in [3.05, 3.63) is 47.5 Å². The number of carbonyl (C=O) groups excluding carboxylic acids is 1. The number of nitrogens with one attached hydrogen (secondary N) is 1. The molecule has 0 saturated carbocycles. The maximum absolute atomic E-state index is 11.3. The van der Waals surface area contributed by atoms with Crippen LogP contribution in [-0.2, 0) is 17.6 Å². The molecule has 17 heavy (non-hydrogen) atoms. The van der Waals surface area contributed by atoms with Crippen LogP contribution < -0.4 is 5.32 Å². The van der Waals surface area contributed by atoms with Crippen LogP contribution in [0.25, 0.3) is 0 Å². The number of aryl methyl sites for hydroxylation is 2. The zero-order valence-electron chi connectivity index (χ0n) is 10.3. The molecule has 2 rings (SSSR count). The summed E-state index contributed by atoms with van der Waals surface area (Å²) in [6.07, 6.45) is 6.27. The minimum atomic E-state index is -0.116. The molecule has 0 aliphatic heterocycles. The first-order valence-electron chi connectivity index (χ1n) is 6.25. The van der Waals surface area contributed by atoms with E-state index in [1.165, 1.54) is 48.4 Å². The van der Waals surface area contributed by atoms with Crippen LogP contribution in [-0.4, -0.2) is 5.91 Å². The number of hydrogen-bond donors (Lipinski definition) is 1. The molecule has 0 aromatic heterocycles. The zero-order chi connectivity index (χ0) is 12.3. The van der Waals surface area contributed by atoms with Crippen molar-refractivity contribution >= 4 is 5.91 Å². The molecule has 1 aromatic carbocycles. The molecule has 2 nitrogen and oxygen atoms in total. The molecule has 0 saturated heterocycles. The summed E-state index contributed by atoms with van der Waals surface area (Å²) in [5.41, 5.74) is 4.11. The Hall–Kier alpha value is -1.57. The van der Waals surface area contributed by atoms with E-state index in [0.717, 1.165) is 0 Å². The van der Waals surface area contributed by atoms with Gasteiger partial charge in [0.05, 0.1) is 6.04 Å². The lowest BCUT2D eigenvalue weighted by molar-refractivity contribution is -0.117. The number of fused-ring (bicyclic) bond motifs is 1. The first-order valence-corrected chi connectivity index (χ1v) is 6.25. The van der Waals surface area contributed by atoms with Gasteiger partial charge in [-0.25, -0.2) is 0 Å². The van der Waals surface area contributed by atoms with E-state index >= 15 is 0 Å². The van der Waals surface area contributed by atoms with Crippen LogP contribution in [0.5, 0.6) is 0 Å². The van der Waals surface area contributed by atoms with Crippen molar-refractivity contribution in [2.45, 2.75) is 38.6 Å². The van der Waals surface area contributed by atoms with E-state index in [2.05, 4.69) is 30.1 Å². The second-order valence-electron chi connectivity index (χ2n) is 4.67. The Balaban J connectivity index is 2.15. The Labute approximate surface area is 103 Å². The maximum atomic E-state index is 11.3. The van der Waals surface area contributed by atoms with Gasteiger partial charge in [0.2, 0.25) is 5.91 Å². The van der Waals surface area contributed by atoms with Gasteiger partial charge in [-0.1, -0.05) is 24.8 Å². The number of amides is 1. The van der Waals surface area contributed by atoms with E-state index in [4.69, 9.17) is 0 Å². The number of benzene rings is 1. The minimum absolute atomic E-state index is 0.0488. The fraction of sp³-hybridized carbons (Fsp3) is 0.400. The molecule has 1 aliphatic rings.